The van der Waals surface area contributed by atoms with Crippen molar-refractivity contribution >= 4 is 43.7 Å². The number of aromatic nitrogens is 5. The van der Waals surface area contributed by atoms with Crippen LogP contribution in [0.25, 0.3) is 99.9 Å². The molecule has 6 aromatic carbocycles. The molecule has 0 radical (unpaired) electrons. The summed E-state index contributed by atoms with van der Waals surface area (Å²) in [5.74, 6) is 0. The highest BCUT2D eigenvalue weighted by molar-refractivity contribution is 6.12. The minimum absolute atomic E-state index is 0.928. The van der Waals surface area contributed by atoms with Gasteiger partial charge < -0.3 is 4.57 Å². The number of benzene rings is 6. The zero-order valence-electron chi connectivity index (χ0n) is 30.3. The van der Waals surface area contributed by atoms with E-state index in [1.54, 1.807) is 0 Å². The topological polar surface area (TPSA) is 48.5 Å². The van der Waals surface area contributed by atoms with Gasteiger partial charge in [-0.2, -0.15) is 0 Å². The highest BCUT2D eigenvalue weighted by atomic mass is 15.0. The minimum atomic E-state index is 0.928. The van der Waals surface area contributed by atoms with Crippen molar-refractivity contribution in [3.8, 4) is 56.1 Å². The van der Waals surface area contributed by atoms with E-state index in [2.05, 4.69) is 165 Å². The highest BCUT2D eigenvalue weighted by Crippen LogP contribution is 2.38. The van der Waals surface area contributed by atoms with Crippen LogP contribution in [0.15, 0.2) is 201 Å². The van der Waals surface area contributed by atoms with E-state index >= 15 is 0 Å². The fourth-order valence-corrected chi connectivity index (χ4v) is 8.23. The van der Waals surface area contributed by atoms with E-state index < -0.39 is 0 Å². The Balaban J connectivity index is 1.01. The molecule has 262 valence electrons. The van der Waals surface area contributed by atoms with Gasteiger partial charge in [0.15, 0.2) is 0 Å². The van der Waals surface area contributed by atoms with Gasteiger partial charge in [-0.05, 0) is 114 Å². The van der Waals surface area contributed by atoms with Crippen molar-refractivity contribution in [1.82, 2.24) is 24.1 Å². The largest absolute Gasteiger partial charge is 0.309 e. The van der Waals surface area contributed by atoms with Crippen molar-refractivity contribution in [1.29, 1.82) is 0 Å². The van der Waals surface area contributed by atoms with Crippen LogP contribution in [0.2, 0.25) is 0 Å². The summed E-state index contributed by atoms with van der Waals surface area (Å²) < 4.78 is 4.63. The molecule has 0 bridgehead atoms. The lowest BCUT2D eigenvalue weighted by Crippen LogP contribution is -1.96. The Hall–Kier alpha value is -7.63. The Morgan fingerprint density at radius 2 is 0.839 bits per heavy atom. The molecule has 5 heterocycles. The lowest BCUT2D eigenvalue weighted by Gasteiger charge is -2.12. The lowest BCUT2D eigenvalue weighted by molar-refractivity contribution is 1.14. The Labute approximate surface area is 323 Å². The average Bonchev–Trinajstić information content (AvgIpc) is 3.79. The molecule has 0 spiro atoms. The maximum absolute atomic E-state index is 5.18. The van der Waals surface area contributed by atoms with E-state index in [0.29, 0.717) is 0 Å². The minimum Gasteiger partial charge on any atom is -0.309 e. The molecule has 0 fully saturated rings. The lowest BCUT2D eigenvalue weighted by atomic mass is 9.96. The number of pyridine rings is 3. The van der Waals surface area contributed by atoms with Gasteiger partial charge in [0.1, 0.15) is 5.65 Å². The molecule has 0 N–H and O–H groups in total. The second-order valence-corrected chi connectivity index (χ2v) is 14.1. The van der Waals surface area contributed by atoms with Gasteiger partial charge >= 0.3 is 0 Å². The summed E-state index contributed by atoms with van der Waals surface area (Å²) in [4.78, 5) is 14.5. The van der Waals surface area contributed by atoms with Crippen LogP contribution >= 0.6 is 0 Å². The van der Waals surface area contributed by atoms with Crippen LogP contribution in [-0.2, 0) is 0 Å². The summed E-state index contributed by atoms with van der Waals surface area (Å²) in [7, 11) is 0. The van der Waals surface area contributed by atoms with Crippen molar-refractivity contribution in [3.05, 3.63) is 201 Å². The number of hydrogen-bond acceptors (Lipinski definition) is 3. The van der Waals surface area contributed by atoms with E-state index in [9.17, 15) is 0 Å². The molecule has 0 aliphatic carbocycles. The van der Waals surface area contributed by atoms with Crippen LogP contribution in [0.1, 0.15) is 0 Å². The first-order chi connectivity index (χ1) is 27.8. The number of nitrogens with zero attached hydrogens (tertiary/aromatic N) is 5. The number of hydrogen-bond donors (Lipinski definition) is 0. The molecule has 0 unspecified atom stereocenters. The van der Waals surface area contributed by atoms with Crippen molar-refractivity contribution in [2.75, 3.05) is 0 Å². The Bertz CT molecular complexity index is 3160. The molecule has 0 saturated carbocycles. The summed E-state index contributed by atoms with van der Waals surface area (Å²) >= 11 is 0. The van der Waals surface area contributed by atoms with Crippen LogP contribution in [0.3, 0.4) is 0 Å². The summed E-state index contributed by atoms with van der Waals surface area (Å²) in [6.07, 6.45) is 5.69. The van der Waals surface area contributed by atoms with Crippen molar-refractivity contribution in [2.45, 2.75) is 0 Å². The third kappa shape index (κ3) is 5.29. The first kappa shape index (κ1) is 31.9. The van der Waals surface area contributed by atoms with E-state index in [4.69, 9.17) is 4.98 Å². The molecule has 5 aromatic heterocycles. The van der Waals surface area contributed by atoms with Gasteiger partial charge in [0, 0.05) is 68.2 Å². The normalized spacial score (nSPS) is 11.6. The van der Waals surface area contributed by atoms with E-state index in [1.807, 2.05) is 55.0 Å². The standard InChI is InChI=1S/C51H33N5/c1-2-12-40(13-3-1)55-48-18-6-4-14-42(48)44-31-35(22-25-50(44)55)39-32-45-43-15-5-7-19-49(43)56(51(45)54-33-39)41-23-20-34(21-24-41)36-28-37(46-16-8-10-26-52-46)30-38(29-36)47-17-9-11-27-53-47/h1-33H. The van der Waals surface area contributed by atoms with Gasteiger partial charge in [0.25, 0.3) is 0 Å². The first-order valence-corrected chi connectivity index (χ1v) is 18.8. The molecule has 5 heteroatoms. The highest BCUT2D eigenvalue weighted by Gasteiger charge is 2.17. The SMILES string of the molecule is c1ccc(-n2c3ccccc3c3cc(-c4cnc5c(c4)c4ccccc4n5-c4ccc(-c5cc(-c6ccccn6)cc(-c6ccccn6)c5)cc4)ccc32)cc1. The molecule has 0 aliphatic heterocycles. The van der Waals surface area contributed by atoms with Gasteiger partial charge in [-0.25, -0.2) is 4.98 Å². The number of para-hydroxylation sites is 3. The zero-order valence-corrected chi connectivity index (χ0v) is 30.3. The second kappa shape index (κ2) is 13.0. The van der Waals surface area contributed by atoms with Crippen LogP contribution in [0.5, 0.6) is 0 Å². The summed E-state index contributed by atoms with van der Waals surface area (Å²) in [5, 5.41) is 4.75. The van der Waals surface area contributed by atoms with Crippen molar-refractivity contribution in [3.63, 3.8) is 0 Å². The predicted octanol–water partition coefficient (Wildman–Crippen LogP) is 12.7. The Kier molecular flexibility index (Phi) is 7.42. The van der Waals surface area contributed by atoms with Gasteiger partial charge in [0.05, 0.1) is 27.9 Å². The van der Waals surface area contributed by atoms with Gasteiger partial charge in [-0.1, -0.05) is 84.9 Å². The maximum Gasteiger partial charge on any atom is 0.145 e. The van der Waals surface area contributed by atoms with Crippen molar-refractivity contribution in [2.24, 2.45) is 0 Å². The van der Waals surface area contributed by atoms with E-state index in [0.717, 1.165) is 72.7 Å². The zero-order chi connectivity index (χ0) is 37.0. The number of fused-ring (bicyclic) bond motifs is 6. The first-order valence-electron chi connectivity index (χ1n) is 18.8. The van der Waals surface area contributed by atoms with Crippen LogP contribution in [0.4, 0.5) is 0 Å². The fourth-order valence-electron chi connectivity index (χ4n) is 8.23. The number of rotatable bonds is 6. The molecule has 0 amide bonds. The Morgan fingerprint density at radius 1 is 0.304 bits per heavy atom. The monoisotopic (exact) mass is 715 g/mol. The molecule has 0 aliphatic rings. The molecule has 11 aromatic rings. The molecular formula is C51H33N5. The summed E-state index contributed by atoms with van der Waals surface area (Å²) in [6.45, 7) is 0. The van der Waals surface area contributed by atoms with Crippen LogP contribution in [0, 0.1) is 0 Å². The van der Waals surface area contributed by atoms with Gasteiger partial charge in [-0.15, -0.1) is 0 Å². The molecule has 0 saturated heterocycles. The van der Waals surface area contributed by atoms with E-state index in [1.165, 1.54) is 27.2 Å². The average molecular weight is 716 g/mol. The van der Waals surface area contributed by atoms with Gasteiger partial charge in [-0.3, -0.25) is 14.5 Å². The predicted molar refractivity (Wildman–Crippen MR) is 230 cm³/mol. The van der Waals surface area contributed by atoms with Crippen LogP contribution in [-0.4, -0.2) is 24.1 Å². The van der Waals surface area contributed by atoms with Gasteiger partial charge in [0.2, 0.25) is 0 Å². The summed E-state index contributed by atoms with van der Waals surface area (Å²) in [5.41, 5.74) is 15.1. The molecule has 5 nitrogen and oxygen atoms in total. The molecule has 0 atom stereocenters. The third-order valence-corrected chi connectivity index (χ3v) is 10.8. The molecular weight excluding hydrogens is 683 g/mol. The fraction of sp³-hybridized carbons (Fsp3) is 0. The summed E-state index contributed by atoms with van der Waals surface area (Å²) in [6, 6.07) is 64.4. The van der Waals surface area contributed by atoms with E-state index in [-0.39, 0.29) is 0 Å². The maximum atomic E-state index is 5.18. The third-order valence-electron chi connectivity index (χ3n) is 10.8. The smallest absolute Gasteiger partial charge is 0.145 e. The molecule has 56 heavy (non-hydrogen) atoms. The second-order valence-electron chi connectivity index (χ2n) is 14.1. The molecule has 11 rings (SSSR count). The Morgan fingerprint density at radius 3 is 1.52 bits per heavy atom. The van der Waals surface area contributed by atoms with Crippen molar-refractivity contribution < 1.29 is 0 Å². The quantitative estimate of drug-likeness (QED) is 0.172. The van der Waals surface area contributed by atoms with Crippen LogP contribution < -0.4 is 0 Å².